The van der Waals surface area contributed by atoms with Gasteiger partial charge in [0.25, 0.3) is 5.69 Å². The highest BCUT2D eigenvalue weighted by Gasteiger charge is 2.16. The first kappa shape index (κ1) is 14.9. The third kappa shape index (κ3) is 3.75. The van der Waals surface area contributed by atoms with Gasteiger partial charge in [0.1, 0.15) is 0 Å². The fraction of sp³-hybridized carbons (Fsp3) is 0.235. The number of nitrogens with zero attached hydrogens (tertiary/aromatic N) is 2. The van der Waals surface area contributed by atoms with Gasteiger partial charge in [-0.25, -0.2) is 0 Å². The summed E-state index contributed by atoms with van der Waals surface area (Å²) in [7, 11) is 0. The number of benzene rings is 2. The predicted octanol–water partition coefficient (Wildman–Crippen LogP) is 4.64. The van der Waals surface area contributed by atoms with Gasteiger partial charge in [-0.3, -0.25) is 15.1 Å². The smallest absolute Gasteiger partial charge is 0.258 e. The first-order valence-corrected chi connectivity index (χ1v) is 6.76. The van der Waals surface area contributed by atoms with Crippen molar-refractivity contribution in [3.05, 3.63) is 69.8 Å². The van der Waals surface area contributed by atoms with E-state index in [-0.39, 0.29) is 11.1 Å². The Bertz CT molecular complexity index is 685. The van der Waals surface area contributed by atoms with Crippen LogP contribution >= 0.6 is 0 Å². The van der Waals surface area contributed by atoms with Gasteiger partial charge in [-0.05, 0) is 22.6 Å². The summed E-state index contributed by atoms with van der Waals surface area (Å²) in [6.45, 7) is 6.40. The maximum Gasteiger partial charge on any atom is 0.270 e. The Hall–Kier alpha value is -2.49. The van der Waals surface area contributed by atoms with E-state index in [1.807, 2.05) is 18.2 Å². The van der Waals surface area contributed by atoms with Crippen molar-refractivity contribution >= 4 is 17.6 Å². The minimum absolute atomic E-state index is 0.00336. The molecule has 21 heavy (non-hydrogen) atoms. The van der Waals surface area contributed by atoms with E-state index in [1.54, 1.807) is 18.3 Å². The van der Waals surface area contributed by atoms with Crippen LogP contribution in [0.25, 0.3) is 0 Å². The van der Waals surface area contributed by atoms with Crippen molar-refractivity contribution < 1.29 is 4.92 Å². The van der Waals surface area contributed by atoms with E-state index in [9.17, 15) is 10.1 Å². The number of aliphatic imine (C=N–C) groups is 1. The molecular weight excluding hydrogens is 264 g/mol. The number of rotatable bonds is 3. The molecule has 0 unspecified atom stereocenters. The SMILES string of the molecule is CC(C)(C)c1ccccc1N=Cc1cccc([N+](=O)[O-])c1. The summed E-state index contributed by atoms with van der Waals surface area (Å²) in [5.74, 6) is 0. The van der Waals surface area contributed by atoms with Crippen molar-refractivity contribution in [3.8, 4) is 0 Å². The zero-order valence-electron chi connectivity index (χ0n) is 12.4. The van der Waals surface area contributed by atoms with Gasteiger partial charge in [0.2, 0.25) is 0 Å². The maximum atomic E-state index is 10.8. The van der Waals surface area contributed by atoms with E-state index in [1.165, 1.54) is 12.1 Å². The van der Waals surface area contributed by atoms with Gasteiger partial charge in [-0.1, -0.05) is 51.1 Å². The average Bonchev–Trinajstić information content (AvgIpc) is 2.45. The predicted molar refractivity (Wildman–Crippen MR) is 85.5 cm³/mol. The minimum atomic E-state index is -0.402. The Morgan fingerprint density at radius 2 is 1.81 bits per heavy atom. The second kappa shape index (κ2) is 5.87. The molecule has 0 bridgehead atoms. The number of non-ortho nitro benzene ring substituents is 1. The number of nitro groups is 1. The van der Waals surface area contributed by atoms with E-state index in [2.05, 4.69) is 31.8 Å². The molecule has 0 saturated carbocycles. The van der Waals surface area contributed by atoms with E-state index in [4.69, 9.17) is 0 Å². The molecule has 0 atom stereocenters. The molecule has 2 aromatic carbocycles. The van der Waals surface area contributed by atoms with Crippen molar-refractivity contribution in [2.24, 2.45) is 4.99 Å². The molecule has 0 heterocycles. The Labute approximate surface area is 124 Å². The first-order valence-electron chi connectivity index (χ1n) is 6.76. The van der Waals surface area contributed by atoms with E-state index < -0.39 is 4.92 Å². The van der Waals surface area contributed by atoms with Crippen molar-refractivity contribution in [1.82, 2.24) is 0 Å². The van der Waals surface area contributed by atoms with Gasteiger partial charge >= 0.3 is 0 Å². The molecule has 4 heteroatoms. The fourth-order valence-electron chi connectivity index (χ4n) is 2.08. The molecule has 0 amide bonds. The van der Waals surface area contributed by atoms with Crippen LogP contribution in [0.5, 0.6) is 0 Å². The summed E-state index contributed by atoms with van der Waals surface area (Å²) in [6, 6.07) is 14.4. The Kier molecular flexibility index (Phi) is 4.17. The minimum Gasteiger partial charge on any atom is -0.258 e. The van der Waals surface area contributed by atoms with Crippen molar-refractivity contribution in [3.63, 3.8) is 0 Å². The molecule has 0 saturated heterocycles. The zero-order chi connectivity index (χ0) is 15.5. The van der Waals surface area contributed by atoms with Crippen LogP contribution in [0.4, 0.5) is 11.4 Å². The number of nitro benzene ring substituents is 1. The lowest BCUT2D eigenvalue weighted by Crippen LogP contribution is -2.11. The number of hydrogen-bond acceptors (Lipinski definition) is 3. The van der Waals surface area contributed by atoms with E-state index in [0.717, 1.165) is 11.3 Å². The standard InChI is InChI=1S/C17H18N2O2/c1-17(2,3)15-9-4-5-10-16(15)18-12-13-7-6-8-14(11-13)19(20)21/h4-12H,1-3H3. The van der Waals surface area contributed by atoms with Crippen LogP contribution in [-0.4, -0.2) is 11.1 Å². The van der Waals surface area contributed by atoms with Gasteiger partial charge in [0.15, 0.2) is 0 Å². The third-order valence-corrected chi connectivity index (χ3v) is 3.15. The van der Waals surface area contributed by atoms with Crippen LogP contribution in [-0.2, 0) is 5.41 Å². The number of hydrogen-bond donors (Lipinski definition) is 0. The molecule has 108 valence electrons. The summed E-state index contributed by atoms with van der Waals surface area (Å²) in [6.07, 6.45) is 1.66. The van der Waals surface area contributed by atoms with Gasteiger partial charge < -0.3 is 0 Å². The topological polar surface area (TPSA) is 55.5 Å². The third-order valence-electron chi connectivity index (χ3n) is 3.15. The largest absolute Gasteiger partial charge is 0.270 e. The number of para-hydroxylation sites is 1. The van der Waals surface area contributed by atoms with Crippen LogP contribution < -0.4 is 0 Å². The summed E-state index contributed by atoms with van der Waals surface area (Å²) in [5, 5.41) is 10.8. The van der Waals surface area contributed by atoms with Crippen molar-refractivity contribution in [2.75, 3.05) is 0 Å². The van der Waals surface area contributed by atoms with Gasteiger partial charge in [-0.15, -0.1) is 0 Å². The Morgan fingerprint density at radius 3 is 2.48 bits per heavy atom. The van der Waals surface area contributed by atoms with Crippen LogP contribution in [0.15, 0.2) is 53.5 Å². The van der Waals surface area contributed by atoms with Crippen molar-refractivity contribution in [1.29, 1.82) is 0 Å². The summed E-state index contributed by atoms with van der Waals surface area (Å²) < 4.78 is 0. The molecule has 0 N–H and O–H groups in total. The van der Waals surface area contributed by atoms with Crippen LogP contribution in [0.2, 0.25) is 0 Å². The molecule has 2 rings (SSSR count). The molecule has 0 aromatic heterocycles. The fourth-order valence-corrected chi connectivity index (χ4v) is 2.08. The van der Waals surface area contributed by atoms with Gasteiger partial charge in [0, 0.05) is 18.3 Å². The summed E-state index contributed by atoms with van der Waals surface area (Å²) in [4.78, 5) is 14.9. The van der Waals surface area contributed by atoms with Gasteiger partial charge in [-0.2, -0.15) is 0 Å². The molecule has 0 aliphatic rings. The highest BCUT2D eigenvalue weighted by molar-refractivity contribution is 5.83. The molecule has 0 aliphatic carbocycles. The monoisotopic (exact) mass is 282 g/mol. The average molecular weight is 282 g/mol. The molecule has 0 fully saturated rings. The summed E-state index contributed by atoms with van der Waals surface area (Å²) in [5.41, 5.74) is 2.82. The molecular formula is C17H18N2O2. The second-order valence-corrected chi connectivity index (χ2v) is 5.88. The highest BCUT2D eigenvalue weighted by Crippen LogP contribution is 2.31. The summed E-state index contributed by atoms with van der Waals surface area (Å²) >= 11 is 0. The lowest BCUT2D eigenvalue weighted by molar-refractivity contribution is -0.384. The second-order valence-electron chi connectivity index (χ2n) is 5.88. The highest BCUT2D eigenvalue weighted by atomic mass is 16.6. The quantitative estimate of drug-likeness (QED) is 0.467. The molecule has 2 aromatic rings. The van der Waals surface area contributed by atoms with Crippen LogP contribution in [0.3, 0.4) is 0 Å². The van der Waals surface area contributed by atoms with Gasteiger partial charge in [0.05, 0.1) is 10.6 Å². The molecule has 0 radical (unpaired) electrons. The molecule has 4 nitrogen and oxygen atoms in total. The zero-order valence-corrected chi connectivity index (χ0v) is 12.4. The van der Waals surface area contributed by atoms with E-state index >= 15 is 0 Å². The Balaban J connectivity index is 2.34. The normalized spacial score (nSPS) is 11.8. The lowest BCUT2D eigenvalue weighted by Gasteiger charge is -2.20. The molecule has 0 spiro atoms. The maximum absolute atomic E-state index is 10.8. The Morgan fingerprint density at radius 1 is 1.10 bits per heavy atom. The van der Waals surface area contributed by atoms with Crippen LogP contribution in [0.1, 0.15) is 31.9 Å². The first-order chi connectivity index (χ1) is 9.88. The lowest BCUT2D eigenvalue weighted by atomic mass is 9.86. The molecule has 0 aliphatic heterocycles. The van der Waals surface area contributed by atoms with Crippen molar-refractivity contribution in [2.45, 2.75) is 26.2 Å². The van der Waals surface area contributed by atoms with Crippen LogP contribution in [0, 0.1) is 10.1 Å². The van der Waals surface area contributed by atoms with E-state index in [0.29, 0.717) is 5.56 Å².